The Hall–Kier alpha value is -3.06. The predicted molar refractivity (Wildman–Crippen MR) is 95.1 cm³/mol. The van der Waals surface area contributed by atoms with Crippen LogP contribution in [0.25, 0.3) is 0 Å². The second-order valence-electron chi connectivity index (χ2n) is 5.51. The summed E-state index contributed by atoms with van der Waals surface area (Å²) in [7, 11) is 0. The maximum Gasteiger partial charge on any atom is 0.374 e. The highest BCUT2D eigenvalue weighted by Gasteiger charge is 2.15. The molecule has 0 bridgehead atoms. The van der Waals surface area contributed by atoms with Crippen molar-refractivity contribution in [3.8, 4) is 0 Å². The van der Waals surface area contributed by atoms with Gasteiger partial charge in [-0.1, -0.05) is 17.7 Å². The van der Waals surface area contributed by atoms with Crippen LogP contribution in [0, 0.1) is 6.92 Å². The van der Waals surface area contributed by atoms with Gasteiger partial charge >= 0.3 is 5.97 Å². The van der Waals surface area contributed by atoms with Crippen molar-refractivity contribution in [2.24, 2.45) is 0 Å². The van der Waals surface area contributed by atoms with E-state index in [0.717, 1.165) is 5.56 Å². The molecule has 0 atom stereocenters. The number of amides is 1. The summed E-state index contributed by atoms with van der Waals surface area (Å²) in [5.41, 5.74) is 1.31. The third kappa shape index (κ3) is 4.31. The van der Waals surface area contributed by atoms with Crippen molar-refractivity contribution in [2.75, 3.05) is 11.9 Å². The van der Waals surface area contributed by atoms with E-state index in [9.17, 15) is 9.59 Å². The molecule has 1 aromatic carbocycles. The SMILES string of the molecule is Cc1c(Cl)cccc1NC(=O)COC(=O)c1ccc(Cn2cccn2)o1. The number of nitrogens with one attached hydrogen (secondary N) is 1. The summed E-state index contributed by atoms with van der Waals surface area (Å²) < 4.78 is 12.1. The van der Waals surface area contributed by atoms with Crippen molar-refractivity contribution < 1.29 is 18.7 Å². The molecule has 3 aromatic rings. The molecule has 0 saturated heterocycles. The summed E-state index contributed by atoms with van der Waals surface area (Å²) in [6.07, 6.45) is 3.43. The average Bonchev–Trinajstić information content (AvgIpc) is 3.29. The van der Waals surface area contributed by atoms with Gasteiger partial charge < -0.3 is 14.5 Å². The number of hydrogen-bond donors (Lipinski definition) is 1. The highest BCUT2D eigenvalue weighted by atomic mass is 35.5. The van der Waals surface area contributed by atoms with Gasteiger partial charge in [-0.25, -0.2) is 4.79 Å². The monoisotopic (exact) mass is 373 g/mol. The predicted octanol–water partition coefficient (Wildman–Crippen LogP) is 3.28. The zero-order chi connectivity index (χ0) is 18.5. The van der Waals surface area contributed by atoms with Crippen LogP contribution < -0.4 is 5.32 Å². The number of carbonyl (C=O) groups is 2. The smallest absolute Gasteiger partial charge is 0.374 e. The number of anilines is 1. The topological polar surface area (TPSA) is 86.4 Å². The minimum atomic E-state index is -0.713. The van der Waals surface area contributed by atoms with E-state index in [4.69, 9.17) is 20.8 Å². The summed E-state index contributed by atoms with van der Waals surface area (Å²) in [4.78, 5) is 24.0. The molecular formula is C18H16ClN3O4. The van der Waals surface area contributed by atoms with Crippen LogP contribution in [-0.2, 0) is 16.1 Å². The fourth-order valence-corrected chi connectivity index (χ4v) is 2.43. The van der Waals surface area contributed by atoms with Gasteiger partial charge in [-0.15, -0.1) is 0 Å². The van der Waals surface area contributed by atoms with E-state index >= 15 is 0 Å². The lowest BCUT2D eigenvalue weighted by molar-refractivity contribution is -0.119. The molecule has 0 saturated carbocycles. The molecule has 26 heavy (non-hydrogen) atoms. The summed E-state index contributed by atoms with van der Waals surface area (Å²) >= 11 is 6.00. The van der Waals surface area contributed by atoms with Crippen molar-refractivity contribution in [3.63, 3.8) is 0 Å². The Labute approximate surface area is 154 Å². The number of ether oxygens (including phenoxy) is 1. The van der Waals surface area contributed by atoms with Crippen LogP contribution in [0.15, 0.2) is 53.2 Å². The number of aromatic nitrogens is 2. The number of furan rings is 1. The molecule has 1 N–H and O–H groups in total. The molecule has 2 aromatic heterocycles. The molecular weight excluding hydrogens is 358 g/mol. The molecule has 1 amide bonds. The standard InChI is InChI=1S/C18H16ClN3O4/c1-12-14(19)4-2-5-15(12)21-17(23)11-25-18(24)16-7-6-13(26-16)10-22-9-3-8-20-22/h2-9H,10-11H2,1H3,(H,21,23). The fourth-order valence-electron chi connectivity index (χ4n) is 2.26. The molecule has 0 fully saturated rings. The maximum absolute atomic E-state index is 12.0. The lowest BCUT2D eigenvalue weighted by atomic mass is 10.2. The van der Waals surface area contributed by atoms with Gasteiger partial charge in [0, 0.05) is 23.1 Å². The highest BCUT2D eigenvalue weighted by Crippen LogP contribution is 2.22. The van der Waals surface area contributed by atoms with Gasteiger partial charge in [0.05, 0.1) is 6.54 Å². The van der Waals surface area contributed by atoms with Crippen LogP contribution >= 0.6 is 11.6 Å². The van der Waals surface area contributed by atoms with Gasteiger partial charge in [0.25, 0.3) is 5.91 Å². The van der Waals surface area contributed by atoms with Crippen LogP contribution in [0.4, 0.5) is 5.69 Å². The third-order valence-electron chi connectivity index (χ3n) is 3.62. The van der Waals surface area contributed by atoms with Crippen LogP contribution in [0.3, 0.4) is 0 Å². The highest BCUT2D eigenvalue weighted by molar-refractivity contribution is 6.31. The first kappa shape index (κ1) is 17.8. The Bertz CT molecular complexity index is 918. The van der Waals surface area contributed by atoms with E-state index in [1.54, 1.807) is 54.3 Å². The van der Waals surface area contributed by atoms with Crippen molar-refractivity contribution in [2.45, 2.75) is 13.5 Å². The first-order valence-electron chi connectivity index (χ1n) is 7.81. The lowest BCUT2D eigenvalue weighted by Crippen LogP contribution is -2.21. The number of rotatable bonds is 6. The molecule has 8 heteroatoms. The number of benzene rings is 1. The summed E-state index contributed by atoms with van der Waals surface area (Å²) in [6, 6.07) is 10.1. The van der Waals surface area contributed by atoms with Crippen molar-refractivity contribution >= 4 is 29.2 Å². The first-order chi connectivity index (χ1) is 12.5. The van der Waals surface area contributed by atoms with Gasteiger partial charge in [0.15, 0.2) is 6.61 Å². The number of carbonyl (C=O) groups excluding carboxylic acids is 2. The van der Waals surface area contributed by atoms with Gasteiger partial charge in [0.1, 0.15) is 5.76 Å². The second kappa shape index (κ2) is 7.88. The van der Waals surface area contributed by atoms with Crippen molar-refractivity contribution in [1.82, 2.24) is 9.78 Å². The van der Waals surface area contributed by atoms with E-state index in [2.05, 4.69) is 10.4 Å². The van der Waals surface area contributed by atoms with Gasteiger partial charge in [-0.05, 0) is 42.8 Å². The van der Waals surface area contributed by atoms with Gasteiger partial charge in [-0.2, -0.15) is 5.10 Å². The maximum atomic E-state index is 12.0. The molecule has 3 rings (SSSR count). The molecule has 0 unspecified atom stereocenters. The molecule has 2 heterocycles. The Morgan fingerprint density at radius 2 is 2.12 bits per heavy atom. The average molecular weight is 374 g/mol. The minimum Gasteiger partial charge on any atom is -0.452 e. The zero-order valence-corrected chi connectivity index (χ0v) is 14.7. The van der Waals surface area contributed by atoms with Crippen LogP contribution in [0.5, 0.6) is 0 Å². The van der Waals surface area contributed by atoms with Crippen LogP contribution in [-0.4, -0.2) is 28.3 Å². The second-order valence-corrected chi connectivity index (χ2v) is 5.91. The van der Waals surface area contributed by atoms with Gasteiger partial charge in [-0.3, -0.25) is 9.48 Å². The Kier molecular flexibility index (Phi) is 5.38. The quantitative estimate of drug-likeness (QED) is 0.670. The van der Waals surface area contributed by atoms with E-state index in [1.807, 2.05) is 0 Å². The largest absolute Gasteiger partial charge is 0.452 e. The van der Waals surface area contributed by atoms with E-state index in [1.165, 1.54) is 6.07 Å². The molecule has 0 spiro atoms. The number of esters is 1. The van der Waals surface area contributed by atoms with Crippen LogP contribution in [0.2, 0.25) is 5.02 Å². The third-order valence-corrected chi connectivity index (χ3v) is 4.03. The Morgan fingerprint density at radius 1 is 1.27 bits per heavy atom. The summed E-state index contributed by atoms with van der Waals surface area (Å²) in [6.45, 7) is 1.75. The molecule has 0 aliphatic rings. The number of hydrogen-bond acceptors (Lipinski definition) is 5. The molecule has 0 aliphatic carbocycles. The first-order valence-corrected chi connectivity index (χ1v) is 8.19. The number of nitrogens with zero attached hydrogens (tertiary/aromatic N) is 2. The van der Waals surface area contributed by atoms with E-state index in [0.29, 0.717) is 23.0 Å². The van der Waals surface area contributed by atoms with E-state index in [-0.39, 0.29) is 5.76 Å². The van der Waals surface area contributed by atoms with E-state index < -0.39 is 18.5 Å². The van der Waals surface area contributed by atoms with Crippen LogP contribution in [0.1, 0.15) is 21.9 Å². The molecule has 0 aliphatic heterocycles. The number of halogens is 1. The minimum absolute atomic E-state index is 0.0268. The zero-order valence-electron chi connectivity index (χ0n) is 13.9. The lowest BCUT2D eigenvalue weighted by Gasteiger charge is -2.09. The summed E-state index contributed by atoms with van der Waals surface area (Å²) in [5, 5.41) is 7.25. The normalized spacial score (nSPS) is 10.5. The molecule has 0 radical (unpaired) electrons. The van der Waals surface area contributed by atoms with Crippen molar-refractivity contribution in [3.05, 3.63) is 70.9 Å². The molecule has 7 nitrogen and oxygen atoms in total. The Balaban J connectivity index is 1.53. The van der Waals surface area contributed by atoms with Gasteiger partial charge in [0.2, 0.25) is 5.76 Å². The molecule has 134 valence electrons. The fraction of sp³-hybridized carbons (Fsp3) is 0.167. The summed E-state index contributed by atoms with van der Waals surface area (Å²) in [5.74, 6) is -0.597. The Morgan fingerprint density at radius 3 is 2.88 bits per heavy atom. The van der Waals surface area contributed by atoms with Crippen molar-refractivity contribution in [1.29, 1.82) is 0 Å².